The molecule has 0 unspecified atom stereocenters. The summed E-state index contributed by atoms with van der Waals surface area (Å²) < 4.78 is 12.9. The van der Waals surface area contributed by atoms with Crippen LogP contribution in [0.3, 0.4) is 0 Å². The molecule has 2 aromatic carbocycles. The lowest BCUT2D eigenvalue weighted by molar-refractivity contribution is -0.115. The van der Waals surface area contributed by atoms with E-state index in [1.165, 1.54) is 17.3 Å². The molecule has 0 radical (unpaired) electrons. The summed E-state index contributed by atoms with van der Waals surface area (Å²) in [5.41, 5.74) is 4.69. The van der Waals surface area contributed by atoms with Crippen molar-refractivity contribution in [3.8, 4) is 0 Å². The zero-order valence-corrected chi connectivity index (χ0v) is 25.2. The van der Waals surface area contributed by atoms with Crippen molar-refractivity contribution in [2.75, 3.05) is 41.9 Å². The van der Waals surface area contributed by atoms with Crippen molar-refractivity contribution < 1.29 is 14.3 Å². The molecule has 10 heteroatoms. The molecule has 0 bridgehead atoms. The number of anilines is 3. The van der Waals surface area contributed by atoms with E-state index in [0.717, 1.165) is 67.7 Å². The Balaban J connectivity index is 1.27. The van der Waals surface area contributed by atoms with Crippen molar-refractivity contribution in [2.45, 2.75) is 37.5 Å². The van der Waals surface area contributed by atoms with Gasteiger partial charge in [-0.25, -0.2) is 15.0 Å². The first kappa shape index (κ1) is 27.3. The number of nitrogens with zero attached hydrogens (tertiary/aromatic N) is 5. The van der Waals surface area contributed by atoms with E-state index >= 15 is 0 Å². The van der Waals surface area contributed by atoms with Crippen LogP contribution in [0.2, 0.25) is 0 Å². The zero-order chi connectivity index (χ0) is 28.7. The summed E-state index contributed by atoms with van der Waals surface area (Å²) in [7, 11) is 0. The average molecular weight is 598 g/mol. The van der Waals surface area contributed by atoms with Crippen molar-refractivity contribution in [2.24, 2.45) is 0 Å². The Morgan fingerprint density at radius 2 is 1.69 bits per heavy atom. The molecule has 3 aromatic heterocycles. The van der Waals surface area contributed by atoms with Crippen LogP contribution in [-0.2, 0) is 27.3 Å². The minimum atomic E-state index is -0.285. The lowest BCUT2D eigenvalue weighted by Crippen LogP contribution is -2.39. The number of thioether (sulfide) groups is 1. The Bertz CT molecular complexity index is 1720. The Labute approximate surface area is 252 Å². The van der Waals surface area contributed by atoms with Crippen molar-refractivity contribution in [1.82, 2.24) is 15.0 Å². The first-order valence-corrected chi connectivity index (χ1v) is 15.9. The van der Waals surface area contributed by atoms with Gasteiger partial charge in [-0.1, -0.05) is 48.2 Å². The summed E-state index contributed by atoms with van der Waals surface area (Å²) in [5.74, 6) is 1.20. The number of pyridine rings is 1. The quantitative estimate of drug-likeness (QED) is 0.165. The minimum Gasteiger partial charge on any atom is -0.378 e. The number of amides is 1. The third kappa shape index (κ3) is 5.13. The topological polar surface area (TPSA) is 80.7 Å². The highest BCUT2D eigenvalue weighted by atomic mass is 32.2. The molecule has 0 atom stereocenters. The normalized spacial score (nSPS) is 16.5. The van der Waals surface area contributed by atoms with Gasteiger partial charge in [-0.3, -0.25) is 9.69 Å². The highest BCUT2D eigenvalue weighted by Crippen LogP contribution is 2.44. The number of ether oxygens (including phenoxy) is 2. The van der Waals surface area contributed by atoms with Gasteiger partial charge in [-0.2, -0.15) is 0 Å². The second-order valence-corrected chi connectivity index (χ2v) is 13.0. The minimum absolute atomic E-state index is 0.0192. The Kier molecular flexibility index (Phi) is 7.31. The van der Waals surface area contributed by atoms with Gasteiger partial charge >= 0.3 is 0 Å². The van der Waals surface area contributed by atoms with E-state index in [4.69, 9.17) is 19.4 Å². The van der Waals surface area contributed by atoms with E-state index in [9.17, 15) is 4.79 Å². The number of fused-ring (bicyclic) bond motifs is 5. The van der Waals surface area contributed by atoms with Gasteiger partial charge in [-0.05, 0) is 43.7 Å². The van der Waals surface area contributed by atoms with Crippen LogP contribution >= 0.6 is 23.1 Å². The molecule has 7 rings (SSSR count). The summed E-state index contributed by atoms with van der Waals surface area (Å²) in [6.45, 7) is 7.79. The van der Waals surface area contributed by atoms with E-state index in [2.05, 4.69) is 23.7 Å². The van der Waals surface area contributed by atoms with E-state index in [-0.39, 0.29) is 17.3 Å². The molecule has 5 heterocycles. The third-order valence-corrected chi connectivity index (χ3v) is 9.88. The molecule has 1 fully saturated rings. The number of rotatable bonds is 6. The third-order valence-electron chi connectivity index (χ3n) is 7.69. The number of thiophene rings is 1. The lowest BCUT2D eigenvalue weighted by atomic mass is 9.90. The van der Waals surface area contributed by atoms with Gasteiger partial charge in [0.15, 0.2) is 0 Å². The largest absolute Gasteiger partial charge is 0.378 e. The number of benzene rings is 2. The fraction of sp³-hybridized carbons (Fsp3) is 0.312. The van der Waals surface area contributed by atoms with Gasteiger partial charge in [0.2, 0.25) is 5.91 Å². The lowest BCUT2D eigenvalue weighted by Gasteiger charge is -2.36. The van der Waals surface area contributed by atoms with Gasteiger partial charge in [0.1, 0.15) is 22.0 Å². The molecule has 0 N–H and O–H groups in total. The van der Waals surface area contributed by atoms with E-state index in [0.29, 0.717) is 19.8 Å². The molecule has 42 heavy (non-hydrogen) atoms. The summed E-state index contributed by atoms with van der Waals surface area (Å²) in [6.07, 6.45) is 2.39. The fourth-order valence-electron chi connectivity index (χ4n) is 5.69. The van der Waals surface area contributed by atoms with Gasteiger partial charge < -0.3 is 14.4 Å². The Morgan fingerprint density at radius 1 is 1.00 bits per heavy atom. The second-order valence-electron chi connectivity index (χ2n) is 11.0. The molecule has 0 aliphatic carbocycles. The summed E-state index contributed by atoms with van der Waals surface area (Å²) >= 11 is 3.06. The molecule has 1 saturated heterocycles. The number of carbonyl (C=O) groups is 1. The number of aromatic nitrogens is 3. The molecular weight excluding hydrogens is 567 g/mol. The van der Waals surface area contributed by atoms with Gasteiger partial charge in [0, 0.05) is 41.8 Å². The van der Waals surface area contributed by atoms with Crippen LogP contribution in [0.5, 0.6) is 0 Å². The monoisotopic (exact) mass is 597 g/mol. The predicted octanol–water partition coefficient (Wildman–Crippen LogP) is 6.38. The molecule has 0 saturated carbocycles. The number of morpholine rings is 1. The molecule has 5 aromatic rings. The summed E-state index contributed by atoms with van der Waals surface area (Å²) in [5, 5.41) is 1.88. The number of hydrogen-bond donors (Lipinski definition) is 0. The summed E-state index contributed by atoms with van der Waals surface area (Å²) in [6, 6.07) is 19.5. The molecule has 2 aliphatic heterocycles. The van der Waals surface area contributed by atoms with Crippen LogP contribution in [0.15, 0.2) is 72.0 Å². The van der Waals surface area contributed by atoms with Crippen LogP contribution < -0.4 is 9.80 Å². The van der Waals surface area contributed by atoms with Crippen molar-refractivity contribution in [1.29, 1.82) is 0 Å². The Morgan fingerprint density at radius 3 is 2.38 bits per heavy atom. The van der Waals surface area contributed by atoms with Crippen molar-refractivity contribution >= 4 is 66.6 Å². The SMILES string of the molecule is CC1(C)Cc2c(c(N3CCOCC3)nc3sc4c(SCC(=O)N(c5ccccc5)c5ccccc5)ncnc4c23)CO1. The standard InChI is InChI=1S/C32H31N5O3S2/c1-32(2)17-23-24(18-40-32)29(36-13-15-39-16-14-36)35-30-26(23)27-28(42-30)31(34-20-33-27)41-19-25(38)37(21-9-5-3-6-10-21)22-11-7-4-8-12-22/h3-12,20H,13-19H2,1-2H3. The predicted molar refractivity (Wildman–Crippen MR) is 169 cm³/mol. The Hall–Kier alpha value is -3.57. The van der Waals surface area contributed by atoms with Crippen LogP contribution in [0.25, 0.3) is 20.4 Å². The molecule has 1 amide bonds. The second kappa shape index (κ2) is 11.3. The van der Waals surface area contributed by atoms with Gasteiger partial charge in [0.25, 0.3) is 0 Å². The first-order chi connectivity index (χ1) is 20.5. The van der Waals surface area contributed by atoms with Crippen LogP contribution in [-0.4, -0.2) is 58.5 Å². The number of para-hydroxylation sites is 2. The van der Waals surface area contributed by atoms with Crippen LogP contribution in [0.4, 0.5) is 17.2 Å². The highest BCUT2D eigenvalue weighted by molar-refractivity contribution is 8.00. The van der Waals surface area contributed by atoms with E-state index in [1.54, 1.807) is 22.6 Å². The number of hydrogen-bond acceptors (Lipinski definition) is 9. The van der Waals surface area contributed by atoms with Crippen molar-refractivity contribution in [3.63, 3.8) is 0 Å². The first-order valence-electron chi connectivity index (χ1n) is 14.1. The smallest absolute Gasteiger partial charge is 0.241 e. The van der Waals surface area contributed by atoms with Gasteiger partial charge in [0.05, 0.1) is 41.4 Å². The number of carbonyl (C=O) groups excluding carboxylic acids is 1. The molecule has 0 spiro atoms. The fourth-order valence-corrected chi connectivity index (χ4v) is 7.77. The molecule has 214 valence electrons. The average Bonchev–Trinajstić information content (AvgIpc) is 3.40. The van der Waals surface area contributed by atoms with Crippen molar-refractivity contribution in [3.05, 3.63) is 78.1 Å². The van der Waals surface area contributed by atoms with E-state index < -0.39 is 0 Å². The van der Waals surface area contributed by atoms with E-state index in [1.807, 2.05) is 60.7 Å². The zero-order valence-electron chi connectivity index (χ0n) is 23.6. The molecule has 2 aliphatic rings. The van der Waals surface area contributed by atoms with Crippen LogP contribution in [0.1, 0.15) is 25.0 Å². The van der Waals surface area contributed by atoms with Crippen LogP contribution in [0, 0.1) is 0 Å². The highest BCUT2D eigenvalue weighted by Gasteiger charge is 2.33. The summed E-state index contributed by atoms with van der Waals surface area (Å²) in [4.78, 5) is 33.4. The maximum Gasteiger partial charge on any atom is 0.241 e. The molecule has 8 nitrogen and oxygen atoms in total. The van der Waals surface area contributed by atoms with Gasteiger partial charge in [-0.15, -0.1) is 11.3 Å². The maximum atomic E-state index is 13.7. The maximum absolute atomic E-state index is 13.7. The molecular formula is C32H31N5O3S2.